The molecule has 0 aliphatic heterocycles. The van der Waals surface area contributed by atoms with Gasteiger partial charge in [0, 0.05) is 24.1 Å². The Morgan fingerprint density at radius 2 is 2.12 bits per heavy atom. The lowest BCUT2D eigenvalue weighted by molar-refractivity contribution is 0.0336. The van der Waals surface area contributed by atoms with Crippen LogP contribution in [0.4, 0.5) is 0 Å². The van der Waals surface area contributed by atoms with Crippen LogP contribution in [0.3, 0.4) is 0 Å². The first-order valence-corrected chi connectivity index (χ1v) is 6.51. The number of nitrogens with zero attached hydrogens (tertiary/aromatic N) is 1. The maximum atomic E-state index is 10.1. The minimum atomic E-state index is -0.699. The molecule has 2 N–H and O–H groups in total. The van der Waals surface area contributed by atoms with Crippen molar-refractivity contribution >= 4 is 15.9 Å². The molecule has 0 saturated carbocycles. The molecule has 0 fully saturated rings. The van der Waals surface area contributed by atoms with E-state index in [1.807, 2.05) is 38.1 Å². The lowest BCUT2D eigenvalue weighted by Gasteiger charge is -2.27. The van der Waals surface area contributed by atoms with Crippen molar-refractivity contribution in [1.29, 1.82) is 0 Å². The summed E-state index contributed by atoms with van der Waals surface area (Å²) in [5, 5.41) is 13.4. The number of nitrogens with one attached hydrogen (secondary N) is 1. The first kappa shape index (κ1) is 14.6. The fraction of sp³-hybridized carbons (Fsp3) is 0.538. The molecule has 0 aliphatic rings. The summed E-state index contributed by atoms with van der Waals surface area (Å²) < 4.78 is 1.08. The fourth-order valence-corrected chi connectivity index (χ4v) is 2.31. The van der Waals surface area contributed by atoms with Gasteiger partial charge in [0.25, 0.3) is 0 Å². The van der Waals surface area contributed by atoms with Crippen molar-refractivity contribution in [2.75, 3.05) is 27.2 Å². The zero-order valence-corrected chi connectivity index (χ0v) is 12.3. The van der Waals surface area contributed by atoms with Crippen LogP contribution in [-0.2, 0) is 6.54 Å². The predicted molar refractivity (Wildman–Crippen MR) is 75.0 cm³/mol. The quantitative estimate of drug-likeness (QED) is 0.842. The van der Waals surface area contributed by atoms with Gasteiger partial charge in [-0.05, 0) is 38.7 Å². The summed E-state index contributed by atoms with van der Waals surface area (Å²) in [6.07, 6.45) is 0. The summed E-state index contributed by atoms with van der Waals surface area (Å²) in [7, 11) is 3.92. The van der Waals surface area contributed by atoms with Gasteiger partial charge in [0.2, 0.25) is 0 Å². The van der Waals surface area contributed by atoms with Crippen LogP contribution in [0.25, 0.3) is 0 Å². The minimum Gasteiger partial charge on any atom is -0.388 e. The van der Waals surface area contributed by atoms with E-state index in [0.717, 1.165) is 11.0 Å². The first-order chi connectivity index (χ1) is 7.89. The van der Waals surface area contributed by atoms with Crippen LogP contribution in [0.2, 0.25) is 0 Å². The van der Waals surface area contributed by atoms with Gasteiger partial charge in [0.1, 0.15) is 0 Å². The van der Waals surface area contributed by atoms with E-state index in [1.54, 1.807) is 0 Å². The van der Waals surface area contributed by atoms with Crippen LogP contribution in [0.15, 0.2) is 28.7 Å². The number of halogens is 1. The van der Waals surface area contributed by atoms with E-state index in [9.17, 15) is 5.11 Å². The number of likely N-dealkylation sites (N-methyl/N-ethyl adjacent to an activating group) is 1. The Morgan fingerprint density at radius 3 is 2.71 bits per heavy atom. The number of hydrogen-bond acceptors (Lipinski definition) is 3. The van der Waals surface area contributed by atoms with Crippen LogP contribution in [-0.4, -0.2) is 42.8 Å². The van der Waals surface area contributed by atoms with Crippen LogP contribution >= 0.6 is 15.9 Å². The Morgan fingerprint density at radius 1 is 1.41 bits per heavy atom. The van der Waals surface area contributed by atoms with Gasteiger partial charge in [-0.3, -0.25) is 0 Å². The van der Waals surface area contributed by atoms with E-state index >= 15 is 0 Å². The second-order valence-electron chi connectivity index (χ2n) is 4.97. The molecule has 4 heteroatoms. The lowest BCUT2D eigenvalue weighted by atomic mass is 10.1. The molecular weight excluding hydrogens is 280 g/mol. The Balaban J connectivity index is 2.37. The maximum Gasteiger partial charge on any atom is 0.0869 e. The van der Waals surface area contributed by atoms with Crippen molar-refractivity contribution in [1.82, 2.24) is 10.2 Å². The van der Waals surface area contributed by atoms with Crippen LogP contribution in [0.5, 0.6) is 0 Å². The summed E-state index contributed by atoms with van der Waals surface area (Å²) in [6.45, 7) is 3.85. The van der Waals surface area contributed by atoms with Gasteiger partial charge in [-0.15, -0.1) is 0 Å². The highest BCUT2D eigenvalue weighted by atomic mass is 79.9. The molecule has 3 nitrogen and oxygen atoms in total. The van der Waals surface area contributed by atoms with Gasteiger partial charge in [-0.25, -0.2) is 0 Å². The van der Waals surface area contributed by atoms with Gasteiger partial charge < -0.3 is 15.3 Å². The number of benzene rings is 1. The van der Waals surface area contributed by atoms with Crippen molar-refractivity contribution in [2.45, 2.75) is 19.1 Å². The van der Waals surface area contributed by atoms with E-state index in [4.69, 9.17) is 0 Å². The predicted octanol–water partition coefficient (Wildman–Crippen LogP) is 1.85. The van der Waals surface area contributed by atoms with Crippen molar-refractivity contribution < 1.29 is 5.11 Å². The van der Waals surface area contributed by atoms with E-state index in [-0.39, 0.29) is 0 Å². The summed E-state index contributed by atoms with van der Waals surface area (Å²) in [4.78, 5) is 1.99. The highest BCUT2D eigenvalue weighted by molar-refractivity contribution is 9.10. The molecule has 0 amide bonds. The third kappa shape index (κ3) is 6.17. The standard InChI is InChI=1S/C13H21BrN2O/c1-13(17,10-16(2)3)9-15-8-11-5-4-6-12(14)7-11/h4-7,15,17H,8-10H2,1-3H3. The first-order valence-electron chi connectivity index (χ1n) is 5.71. The SMILES string of the molecule is CN(C)CC(C)(O)CNCc1cccc(Br)c1. The van der Waals surface area contributed by atoms with Crippen molar-refractivity contribution in [2.24, 2.45) is 0 Å². The molecule has 1 unspecified atom stereocenters. The van der Waals surface area contributed by atoms with E-state index in [1.165, 1.54) is 5.56 Å². The summed E-state index contributed by atoms with van der Waals surface area (Å²) in [6, 6.07) is 8.16. The number of hydrogen-bond donors (Lipinski definition) is 2. The van der Waals surface area contributed by atoms with Crippen LogP contribution < -0.4 is 5.32 Å². The maximum absolute atomic E-state index is 10.1. The summed E-state index contributed by atoms with van der Waals surface area (Å²) >= 11 is 3.44. The Kier molecular flexibility index (Phi) is 5.59. The van der Waals surface area contributed by atoms with Gasteiger partial charge in [-0.2, -0.15) is 0 Å². The second-order valence-corrected chi connectivity index (χ2v) is 5.88. The molecule has 1 aromatic rings. The second kappa shape index (κ2) is 6.50. The Bertz CT molecular complexity index is 353. The zero-order chi connectivity index (χ0) is 12.9. The smallest absolute Gasteiger partial charge is 0.0869 e. The molecule has 0 bridgehead atoms. The zero-order valence-electron chi connectivity index (χ0n) is 10.7. The molecule has 0 heterocycles. The molecule has 17 heavy (non-hydrogen) atoms. The van der Waals surface area contributed by atoms with E-state index in [2.05, 4.69) is 33.4 Å². The third-order valence-electron chi connectivity index (χ3n) is 2.38. The summed E-state index contributed by atoms with van der Waals surface area (Å²) in [5.41, 5.74) is 0.509. The molecule has 96 valence electrons. The molecular formula is C13H21BrN2O. The van der Waals surface area contributed by atoms with Gasteiger partial charge in [0.05, 0.1) is 5.60 Å². The fourth-order valence-electron chi connectivity index (χ4n) is 1.86. The molecule has 1 aromatic carbocycles. The lowest BCUT2D eigenvalue weighted by Crippen LogP contribution is -2.45. The molecule has 0 spiro atoms. The van der Waals surface area contributed by atoms with Crippen molar-refractivity contribution in [3.05, 3.63) is 34.3 Å². The third-order valence-corrected chi connectivity index (χ3v) is 2.87. The highest BCUT2D eigenvalue weighted by Gasteiger charge is 2.20. The number of aliphatic hydroxyl groups is 1. The number of rotatable bonds is 6. The molecule has 0 radical (unpaired) electrons. The molecule has 0 aromatic heterocycles. The molecule has 1 atom stereocenters. The average Bonchev–Trinajstić information content (AvgIpc) is 2.15. The normalized spacial score (nSPS) is 14.9. The average molecular weight is 301 g/mol. The van der Waals surface area contributed by atoms with Crippen LogP contribution in [0, 0.1) is 0 Å². The molecule has 1 rings (SSSR count). The Hall–Kier alpha value is -0.420. The molecule has 0 aliphatic carbocycles. The van der Waals surface area contributed by atoms with Gasteiger partial charge in [-0.1, -0.05) is 28.1 Å². The topological polar surface area (TPSA) is 35.5 Å². The Labute approximate surface area is 112 Å². The minimum absolute atomic E-state index is 0.581. The largest absolute Gasteiger partial charge is 0.388 e. The van der Waals surface area contributed by atoms with Gasteiger partial charge in [0.15, 0.2) is 0 Å². The summed E-state index contributed by atoms with van der Waals surface area (Å²) in [5.74, 6) is 0. The van der Waals surface area contributed by atoms with Crippen LogP contribution in [0.1, 0.15) is 12.5 Å². The van der Waals surface area contributed by atoms with E-state index in [0.29, 0.717) is 13.1 Å². The molecule has 0 saturated heterocycles. The van der Waals surface area contributed by atoms with E-state index < -0.39 is 5.60 Å². The van der Waals surface area contributed by atoms with Crippen molar-refractivity contribution in [3.8, 4) is 0 Å². The van der Waals surface area contributed by atoms with Crippen molar-refractivity contribution in [3.63, 3.8) is 0 Å². The monoisotopic (exact) mass is 300 g/mol. The highest BCUT2D eigenvalue weighted by Crippen LogP contribution is 2.11. The van der Waals surface area contributed by atoms with Gasteiger partial charge >= 0.3 is 0 Å².